The Bertz CT molecular complexity index is 849. The van der Waals surface area contributed by atoms with Crippen molar-refractivity contribution in [1.82, 2.24) is 20.0 Å². The monoisotopic (exact) mass is 336 g/mol. The summed E-state index contributed by atoms with van der Waals surface area (Å²) in [5, 5.41) is 14.3. The molecule has 0 aliphatic carbocycles. The lowest BCUT2D eigenvalue weighted by molar-refractivity contribution is 0.169. The van der Waals surface area contributed by atoms with Crippen molar-refractivity contribution in [3.63, 3.8) is 0 Å². The van der Waals surface area contributed by atoms with Crippen LogP contribution in [-0.2, 0) is 6.54 Å². The lowest BCUT2D eigenvalue weighted by Crippen LogP contribution is -2.24. The van der Waals surface area contributed by atoms with Gasteiger partial charge in [-0.05, 0) is 31.0 Å². The zero-order valence-corrected chi connectivity index (χ0v) is 14.0. The third-order valence-corrected chi connectivity index (χ3v) is 4.49. The smallest absolute Gasteiger partial charge is 0.244 e. The third kappa shape index (κ3) is 3.45. The summed E-state index contributed by atoms with van der Waals surface area (Å²) in [5.74, 6) is 1.14. The number of β-amino-alcohol motifs (C(OH)–C–C–N with tert-alkyl or cyclic N) is 1. The van der Waals surface area contributed by atoms with Gasteiger partial charge in [0.2, 0.25) is 11.7 Å². The van der Waals surface area contributed by atoms with Crippen molar-refractivity contribution >= 4 is 0 Å². The van der Waals surface area contributed by atoms with E-state index in [1.165, 1.54) is 0 Å². The van der Waals surface area contributed by atoms with Crippen molar-refractivity contribution in [2.75, 3.05) is 6.54 Å². The highest BCUT2D eigenvalue weighted by molar-refractivity contribution is 5.55. The minimum atomic E-state index is -0.393. The molecule has 1 saturated heterocycles. The molecule has 1 aliphatic heterocycles. The number of aliphatic hydroxyl groups excluding tert-OH is 1. The summed E-state index contributed by atoms with van der Waals surface area (Å²) < 4.78 is 5.53. The molecule has 0 spiro atoms. The first-order chi connectivity index (χ1) is 12.2. The number of aryl methyl sites for hydroxylation is 1. The Labute approximate surface area is 146 Å². The topological polar surface area (TPSA) is 75.3 Å². The molecule has 1 aromatic carbocycles. The van der Waals surface area contributed by atoms with Gasteiger partial charge in [-0.25, -0.2) is 0 Å². The van der Waals surface area contributed by atoms with Crippen molar-refractivity contribution in [2.45, 2.75) is 32.0 Å². The maximum absolute atomic E-state index is 10.1. The van der Waals surface area contributed by atoms with Gasteiger partial charge in [0, 0.05) is 31.0 Å². The summed E-state index contributed by atoms with van der Waals surface area (Å²) in [6.07, 6.45) is 3.80. The molecule has 6 heteroatoms. The molecule has 0 bridgehead atoms. The van der Waals surface area contributed by atoms with Crippen LogP contribution in [0.15, 0.2) is 53.3 Å². The van der Waals surface area contributed by atoms with E-state index in [1.54, 1.807) is 6.20 Å². The summed E-state index contributed by atoms with van der Waals surface area (Å²) in [4.78, 5) is 10.9. The zero-order valence-electron chi connectivity index (χ0n) is 14.0. The molecule has 3 aromatic rings. The fraction of sp³-hybridized carbons (Fsp3) is 0.316. The van der Waals surface area contributed by atoms with E-state index in [-0.39, 0.29) is 6.04 Å². The Morgan fingerprint density at radius 3 is 3.00 bits per heavy atom. The Morgan fingerprint density at radius 1 is 1.28 bits per heavy atom. The highest BCUT2D eigenvalue weighted by Gasteiger charge is 2.35. The first kappa shape index (κ1) is 15.9. The molecule has 4 rings (SSSR count). The second-order valence-electron chi connectivity index (χ2n) is 6.52. The van der Waals surface area contributed by atoms with Crippen LogP contribution < -0.4 is 0 Å². The van der Waals surface area contributed by atoms with E-state index >= 15 is 0 Å². The van der Waals surface area contributed by atoms with Crippen LogP contribution in [0.2, 0.25) is 0 Å². The summed E-state index contributed by atoms with van der Waals surface area (Å²) in [6.45, 7) is 3.31. The third-order valence-electron chi connectivity index (χ3n) is 4.49. The second-order valence-corrected chi connectivity index (χ2v) is 6.52. The minimum Gasteiger partial charge on any atom is -0.392 e. The van der Waals surface area contributed by atoms with Crippen LogP contribution in [0.25, 0.3) is 11.4 Å². The maximum Gasteiger partial charge on any atom is 0.244 e. The van der Waals surface area contributed by atoms with E-state index in [4.69, 9.17) is 4.52 Å². The number of aliphatic hydroxyl groups is 1. The van der Waals surface area contributed by atoms with Crippen LogP contribution in [0.3, 0.4) is 0 Å². The van der Waals surface area contributed by atoms with Gasteiger partial charge in [-0.3, -0.25) is 9.88 Å². The zero-order chi connectivity index (χ0) is 17.2. The summed E-state index contributed by atoms with van der Waals surface area (Å²) in [5.41, 5.74) is 3.19. The maximum atomic E-state index is 10.1. The predicted octanol–water partition coefficient (Wildman–Crippen LogP) is 2.75. The van der Waals surface area contributed by atoms with Crippen LogP contribution in [-0.4, -0.2) is 37.8 Å². The number of hydrogen-bond acceptors (Lipinski definition) is 6. The standard InChI is InChI=1S/C19H20N4O2/c1-13-4-2-6-15(8-13)18-21-19(25-22-18)17-9-16(24)12-23(17)11-14-5-3-7-20-10-14/h2-8,10,16-17,24H,9,11-12H2,1H3. The fourth-order valence-corrected chi connectivity index (χ4v) is 3.31. The van der Waals surface area contributed by atoms with Gasteiger partial charge in [0.15, 0.2) is 0 Å². The molecule has 128 valence electrons. The van der Waals surface area contributed by atoms with E-state index in [2.05, 4.69) is 20.0 Å². The Balaban J connectivity index is 1.57. The molecular formula is C19H20N4O2. The van der Waals surface area contributed by atoms with Crippen molar-refractivity contribution in [2.24, 2.45) is 0 Å². The number of rotatable bonds is 4. The first-order valence-corrected chi connectivity index (χ1v) is 8.41. The van der Waals surface area contributed by atoms with Gasteiger partial charge in [0.25, 0.3) is 0 Å². The van der Waals surface area contributed by atoms with Gasteiger partial charge in [-0.2, -0.15) is 4.98 Å². The average molecular weight is 336 g/mol. The van der Waals surface area contributed by atoms with Gasteiger partial charge in [-0.1, -0.05) is 35.0 Å². The molecule has 1 N–H and O–H groups in total. The van der Waals surface area contributed by atoms with E-state index in [9.17, 15) is 5.11 Å². The lowest BCUT2D eigenvalue weighted by atomic mass is 10.1. The molecule has 2 unspecified atom stereocenters. The van der Waals surface area contributed by atoms with E-state index in [0.29, 0.717) is 31.2 Å². The average Bonchev–Trinajstić information content (AvgIpc) is 3.22. The first-order valence-electron chi connectivity index (χ1n) is 8.41. The summed E-state index contributed by atoms with van der Waals surface area (Å²) in [6, 6.07) is 11.9. The highest BCUT2D eigenvalue weighted by atomic mass is 16.5. The van der Waals surface area contributed by atoms with Crippen molar-refractivity contribution in [1.29, 1.82) is 0 Å². The number of hydrogen-bond donors (Lipinski definition) is 1. The van der Waals surface area contributed by atoms with E-state index in [1.807, 2.05) is 49.5 Å². The van der Waals surface area contributed by atoms with Crippen LogP contribution in [0.1, 0.15) is 29.5 Å². The number of nitrogens with zero attached hydrogens (tertiary/aromatic N) is 4. The van der Waals surface area contributed by atoms with Crippen molar-refractivity contribution < 1.29 is 9.63 Å². The summed E-state index contributed by atoms with van der Waals surface area (Å²) in [7, 11) is 0. The predicted molar refractivity (Wildman–Crippen MR) is 92.5 cm³/mol. The Kier molecular flexibility index (Phi) is 4.29. The molecule has 0 amide bonds. The van der Waals surface area contributed by atoms with Gasteiger partial charge in [0.1, 0.15) is 0 Å². The summed E-state index contributed by atoms with van der Waals surface area (Å²) >= 11 is 0. The second kappa shape index (κ2) is 6.74. The van der Waals surface area contributed by atoms with Crippen molar-refractivity contribution in [3.05, 3.63) is 65.8 Å². The Hall–Kier alpha value is -2.57. The Morgan fingerprint density at radius 2 is 2.20 bits per heavy atom. The quantitative estimate of drug-likeness (QED) is 0.789. The molecule has 3 heterocycles. The molecule has 25 heavy (non-hydrogen) atoms. The number of benzene rings is 1. The minimum absolute atomic E-state index is 0.0822. The molecule has 1 aliphatic rings. The molecule has 0 radical (unpaired) electrons. The van der Waals surface area contributed by atoms with E-state index < -0.39 is 6.10 Å². The molecule has 2 aromatic heterocycles. The van der Waals surface area contributed by atoms with E-state index in [0.717, 1.165) is 16.7 Å². The highest BCUT2D eigenvalue weighted by Crippen LogP contribution is 2.33. The van der Waals surface area contributed by atoms with Gasteiger partial charge >= 0.3 is 0 Å². The van der Waals surface area contributed by atoms with Crippen LogP contribution in [0, 0.1) is 6.92 Å². The van der Waals surface area contributed by atoms with Crippen LogP contribution in [0.4, 0.5) is 0 Å². The normalized spacial score (nSPS) is 20.9. The molecule has 2 atom stereocenters. The number of pyridine rings is 1. The lowest BCUT2D eigenvalue weighted by Gasteiger charge is -2.20. The largest absolute Gasteiger partial charge is 0.392 e. The van der Waals surface area contributed by atoms with Gasteiger partial charge in [0.05, 0.1) is 12.1 Å². The van der Waals surface area contributed by atoms with Crippen LogP contribution >= 0.6 is 0 Å². The number of likely N-dealkylation sites (tertiary alicyclic amines) is 1. The number of aromatic nitrogens is 3. The SMILES string of the molecule is Cc1cccc(-c2noc(C3CC(O)CN3Cc3cccnc3)n2)c1. The van der Waals surface area contributed by atoms with Gasteiger partial charge < -0.3 is 9.63 Å². The van der Waals surface area contributed by atoms with Gasteiger partial charge in [-0.15, -0.1) is 0 Å². The molecule has 1 fully saturated rings. The van der Waals surface area contributed by atoms with Crippen LogP contribution in [0.5, 0.6) is 0 Å². The molecule has 6 nitrogen and oxygen atoms in total. The fourth-order valence-electron chi connectivity index (χ4n) is 3.31. The molecular weight excluding hydrogens is 316 g/mol. The molecule has 0 saturated carbocycles. The van der Waals surface area contributed by atoms with Crippen molar-refractivity contribution in [3.8, 4) is 11.4 Å².